The van der Waals surface area contributed by atoms with Crippen molar-refractivity contribution in [1.82, 2.24) is 4.98 Å². The molecule has 1 aromatic rings. The Kier molecular flexibility index (Phi) is 3.12. The monoisotopic (exact) mass is 162 g/mol. The van der Waals surface area contributed by atoms with E-state index in [9.17, 15) is 0 Å². The molecule has 3 heteroatoms. The summed E-state index contributed by atoms with van der Waals surface area (Å²) in [5.74, 6) is 6.19. The van der Waals surface area contributed by atoms with E-state index in [4.69, 9.17) is 10.5 Å². The lowest BCUT2D eigenvalue weighted by molar-refractivity contribution is 0.398. The number of aromatic nitrogens is 1. The van der Waals surface area contributed by atoms with Crippen LogP contribution in [0.3, 0.4) is 0 Å². The fourth-order valence-corrected chi connectivity index (χ4v) is 0.728. The number of ether oxygens (including phenoxy) is 1. The van der Waals surface area contributed by atoms with Crippen molar-refractivity contribution in [3.05, 3.63) is 23.9 Å². The fraction of sp³-hybridized carbons (Fsp3) is 0.222. The number of nitrogens with two attached hydrogens (primary N) is 1. The minimum absolute atomic E-state index is 0.367. The number of rotatable bonds is 1. The third-order valence-electron chi connectivity index (χ3n) is 1.28. The second-order valence-electron chi connectivity index (χ2n) is 2.10. The Morgan fingerprint density at radius 1 is 1.58 bits per heavy atom. The zero-order chi connectivity index (χ0) is 8.81. The van der Waals surface area contributed by atoms with E-state index in [1.54, 1.807) is 19.4 Å². The van der Waals surface area contributed by atoms with Gasteiger partial charge in [0, 0.05) is 17.8 Å². The number of hydrogen-bond acceptors (Lipinski definition) is 3. The van der Waals surface area contributed by atoms with Crippen molar-refractivity contribution in [2.45, 2.75) is 0 Å². The lowest BCUT2D eigenvalue weighted by Crippen LogP contribution is -1.93. The molecular weight excluding hydrogens is 152 g/mol. The summed E-state index contributed by atoms with van der Waals surface area (Å²) in [5, 5.41) is 0. The molecule has 0 spiro atoms. The molecule has 0 fully saturated rings. The number of nitrogens with zero attached hydrogens (tertiary/aromatic N) is 1. The maximum absolute atomic E-state index is 5.21. The van der Waals surface area contributed by atoms with Gasteiger partial charge >= 0.3 is 0 Å². The van der Waals surface area contributed by atoms with Gasteiger partial charge in [0.25, 0.3) is 0 Å². The van der Waals surface area contributed by atoms with Crippen LogP contribution in [-0.4, -0.2) is 18.6 Å². The molecule has 3 nitrogen and oxygen atoms in total. The Bertz CT molecular complexity index is 295. The largest absolute Gasteiger partial charge is 0.481 e. The van der Waals surface area contributed by atoms with Crippen molar-refractivity contribution in [3.8, 4) is 17.7 Å². The van der Waals surface area contributed by atoms with Crippen molar-refractivity contribution in [1.29, 1.82) is 0 Å². The first-order valence-electron chi connectivity index (χ1n) is 3.56. The molecule has 1 aromatic heterocycles. The molecule has 1 heterocycles. The number of hydrogen-bond donors (Lipinski definition) is 1. The maximum Gasteiger partial charge on any atom is 0.212 e. The molecule has 0 saturated carbocycles. The lowest BCUT2D eigenvalue weighted by atomic mass is 10.3. The van der Waals surface area contributed by atoms with Crippen LogP contribution in [0.1, 0.15) is 5.56 Å². The van der Waals surface area contributed by atoms with Crippen LogP contribution in [-0.2, 0) is 0 Å². The van der Waals surface area contributed by atoms with Crippen LogP contribution in [0.25, 0.3) is 0 Å². The highest BCUT2D eigenvalue weighted by molar-refractivity contribution is 5.33. The van der Waals surface area contributed by atoms with Crippen molar-refractivity contribution in [3.63, 3.8) is 0 Å². The highest BCUT2D eigenvalue weighted by atomic mass is 16.5. The van der Waals surface area contributed by atoms with Crippen LogP contribution in [0.15, 0.2) is 18.3 Å². The van der Waals surface area contributed by atoms with E-state index in [1.165, 1.54) is 0 Å². The van der Waals surface area contributed by atoms with Gasteiger partial charge in [-0.3, -0.25) is 0 Å². The molecule has 0 bridgehead atoms. The topological polar surface area (TPSA) is 48.1 Å². The second-order valence-corrected chi connectivity index (χ2v) is 2.10. The molecule has 0 saturated heterocycles. The van der Waals surface area contributed by atoms with Crippen LogP contribution >= 0.6 is 0 Å². The molecule has 62 valence electrons. The average molecular weight is 162 g/mol. The first-order valence-corrected chi connectivity index (χ1v) is 3.56. The first-order chi connectivity index (χ1) is 5.86. The molecule has 0 aliphatic heterocycles. The zero-order valence-electron chi connectivity index (χ0n) is 6.87. The van der Waals surface area contributed by atoms with Crippen LogP contribution in [0.5, 0.6) is 5.88 Å². The van der Waals surface area contributed by atoms with Gasteiger partial charge in [0.2, 0.25) is 5.88 Å². The van der Waals surface area contributed by atoms with E-state index in [0.29, 0.717) is 12.4 Å². The van der Waals surface area contributed by atoms with Crippen LogP contribution in [0.4, 0.5) is 0 Å². The van der Waals surface area contributed by atoms with Gasteiger partial charge in [-0.15, -0.1) is 0 Å². The van der Waals surface area contributed by atoms with Gasteiger partial charge in [-0.25, -0.2) is 4.98 Å². The summed E-state index contributed by atoms with van der Waals surface area (Å²) in [6, 6.07) is 3.61. The minimum Gasteiger partial charge on any atom is -0.481 e. The molecule has 0 unspecified atom stereocenters. The molecule has 1 rings (SSSR count). The zero-order valence-corrected chi connectivity index (χ0v) is 6.87. The number of pyridine rings is 1. The van der Waals surface area contributed by atoms with Gasteiger partial charge < -0.3 is 10.5 Å². The fourth-order valence-electron chi connectivity index (χ4n) is 0.728. The predicted molar refractivity (Wildman–Crippen MR) is 46.7 cm³/mol. The summed E-state index contributed by atoms with van der Waals surface area (Å²) in [5.41, 5.74) is 6.06. The Morgan fingerprint density at radius 3 is 2.92 bits per heavy atom. The maximum atomic E-state index is 5.21. The molecule has 0 aliphatic rings. The lowest BCUT2D eigenvalue weighted by Gasteiger charge is -1.95. The number of methoxy groups -OCH3 is 1. The van der Waals surface area contributed by atoms with Crippen molar-refractivity contribution in [2.24, 2.45) is 5.73 Å². The van der Waals surface area contributed by atoms with E-state index < -0.39 is 0 Å². The Labute approximate surface area is 71.6 Å². The molecule has 0 atom stereocenters. The quantitative estimate of drug-likeness (QED) is 0.608. The minimum atomic E-state index is 0.367. The smallest absolute Gasteiger partial charge is 0.212 e. The molecule has 2 N–H and O–H groups in total. The Hall–Kier alpha value is -1.53. The highest BCUT2D eigenvalue weighted by Gasteiger charge is 1.90. The Morgan fingerprint density at radius 2 is 2.42 bits per heavy atom. The van der Waals surface area contributed by atoms with Gasteiger partial charge in [-0.1, -0.05) is 11.8 Å². The summed E-state index contributed by atoms with van der Waals surface area (Å²) in [6.45, 7) is 0.367. The third-order valence-corrected chi connectivity index (χ3v) is 1.28. The Balaban J connectivity index is 2.78. The summed E-state index contributed by atoms with van der Waals surface area (Å²) in [6.07, 6.45) is 1.65. The van der Waals surface area contributed by atoms with E-state index >= 15 is 0 Å². The standard InChI is InChI=1S/C9H10N2O/c1-12-9-5-4-8(7-11-9)3-2-6-10/h4-5,7H,6,10H2,1H3. The van der Waals surface area contributed by atoms with Gasteiger partial charge in [0.15, 0.2) is 0 Å². The van der Waals surface area contributed by atoms with E-state index in [0.717, 1.165) is 5.56 Å². The van der Waals surface area contributed by atoms with Crippen molar-refractivity contribution < 1.29 is 4.74 Å². The van der Waals surface area contributed by atoms with Crippen molar-refractivity contribution >= 4 is 0 Å². The molecule has 12 heavy (non-hydrogen) atoms. The van der Waals surface area contributed by atoms with E-state index in [1.807, 2.05) is 6.07 Å². The van der Waals surface area contributed by atoms with Crippen LogP contribution in [0.2, 0.25) is 0 Å². The SMILES string of the molecule is COc1ccc(C#CCN)cn1. The second kappa shape index (κ2) is 4.37. The predicted octanol–water partition coefficient (Wildman–Crippen LogP) is 0.400. The molecule has 0 aliphatic carbocycles. The highest BCUT2D eigenvalue weighted by Crippen LogP contribution is 2.04. The van der Waals surface area contributed by atoms with E-state index in [-0.39, 0.29) is 0 Å². The third kappa shape index (κ3) is 2.26. The van der Waals surface area contributed by atoms with Crippen LogP contribution in [0, 0.1) is 11.8 Å². The average Bonchev–Trinajstić information content (AvgIpc) is 2.15. The summed E-state index contributed by atoms with van der Waals surface area (Å²) < 4.78 is 4.89. The summed E-state index contributed by atoms with van der Waals surface area (Å²) in [7, 11) is 1.58. The van der Waals surface area contributed by atoms with Gasteiger partial charge in [-0.05, 0) is 6.07 Å². The normalized spacial score (nSPS) is 8.50. The van der Waals surface area contributed by atoms with Crippen molar-refractivity contribution in [2.75, 3.05) is 13.7 Å². The van der Waals surface area contributed by atoms with Gasteiger partial charge in [0.1, 0.15) is 0 Å². The van der Waals surface area contributed by atoms with Gasteiger partial charge in [-0.2, -0.15) is 0 Å². The summed E-state index contributed by atoms with van der Waals surface area (Å²) in [4.78, 5) is 3.98. The molecule has 0 amide bonds. The summed E-state index contributed by atoms with van der Waals surface area (Å²) >= 11 is 0. The molecule has 0 aromatic carbocycles. The first kappa shape index (κ1) is 8.57. The molecule has 0 radical (unpaired) electrons. The molecular formula is C9H10N2O. The van der Waals surface area contributed by atoms with Crippen LogP contribution < -0.4 is 10.5 Å². The van der Waals surface area contributed by atoms with E-state index in [2.05, 4.69) is 16.8 Å². The van der Waals surface area contributed by atoms with Gasteiger partial charge in [0.05, 0.1) is 13.7 Å².